The van der Waals surface area contributed by atoms with Crippen LogP contribution in [-0.4, -0.2) is 51.3 Å². The molecule has 0 saturated carbocycles. The molecule has 1 aliphatic heterocycles. The van der Waals surface area contributed by atoms with Crippen molar-refractivity contribution < 1.29 is 13.5 Å². The standard InChI is InChI=1S/C29H28F2N8O/c1-3-7-19-15-25(37-36-19)33-24-17-26(39-12-10-38(11-13-39)20-8-5-4-6-9-20)35-29(34-24)40-23-16-22(30)28-21(27(23)31)14-18(2)32-28/h3-9,14-17,32H,10-13H2,1-2H3,(H2,33,34,35,36,37)/b7-3+. The van der Waals surface area contributed by atoms with Crippen molar-refractivity contribution in [3.8, 4) is 11.8 Å². The van der Waals surface area contributed by atoms with Crippen LogP contribution in [0.4, 0.5) is 31.9 Å². The number of aryl methyl sites for hydroxylation is 1. The number of aromatic amines is 2. The molecule has 3 N–H and O–H groups in total. The van der Waals surface area contributed by atoms with Crippen LogP contribution in [-0.2, 0) is 0 Å². The third-order valence-electron chi connectivity index (χ3n) is 6.72. The Morgan fingerprint density at radius 1 is 0.950 bits per heavy atom. The molecule has 4 heterocycles. The molecule has 0 radical (unpaired) electrons. The van der Waals surface area contributed by atoms with Crippen LogP contribution in [0.25, 0.3) is 17.0 Å². The van der Waals surface area contributed by atoms with Crippen molar-refractivity contribution in [3.05, 3.63) is 83.7 Å². The van der Waals surface area contributed by atoms with Gasteiger partial charge in [0.15, 0.2) is 23.2 Å². The first-order chi connectivity index (χ1) is 19.5. The normalized spacial score (nSPS) is 13.9. The first kappa shape index (κ1) is 25.4. The molecule has 1 aliphatic rings. The maximum absolute atomic E-state index is 15.3. The predicted molar refractivity (Wildman–Crippen MR) is 153 cm³/mol. The van der Waals surface area contributed by atoms with Gasteiger partial charge in [-0.25, -0.2) is 8.78 Å². The smallest absolute Gasteiger partial charge is 0.326 e. The number of halogens is 2. The molecule has 0 aliphatic carbocycles. The van der Waals surface area contributed by atoms with Gasteiger partial charge in [-0.1, -0.05) is 24.3 Å². The van der Waals surface area contributed by atoms with Crippen molar-refractivity contribution >= 4 is 40.1 Å². The van der Waals surface area contributed by atoms with E-state index in [1.807, 2.05) is 43.3 Å². The number of allylic oxidation sites excluding steroid dienone is 1. The van der Waals surface area contributed by atoms with Gasteiger partial charge in [-0.3, -0.25) is 5.10 Å². The van der Waals surface area contributed by atoms with Gasteiger partial charge in [0.1, 0.15) is 11.6 Å². The number of piperazine rings is 1. The number of aromatic nitrogens is 5. The average molecular weight is 543 g/mol. The van der Waals surface area contributed by atoms with Crippen LogP contribution in [0.2, 0.25) is 0 Å². The van der Waals surface area contributed by atoms with Gasteiger partial charge < -0.3 is 24.8 Å². The van der Waals surface area contributed by atoms with Crippen LogP contribution in [0.5, 0.6) is 11.8 Å². The lowest BCUT2D eigenvalue weighted by atomic mass is 10.2. The Balaban J connectivity index is 1.31. The second-order valence-electron chi connectivity index (χ2n) is 9.55. The van der Waals surface area contributed by atoms with Gasteiger partial charge in [0, 0.05) is 61.1 Å². The summed E-state index contributed by atoms with van der Waals surface area (Å²) in [6.45, 7) is 6.65. The molecule has 0 spiro atoms. The highest BCUT2D eigenvalue weighted by molar-refractivity contribution is 5.83. The number of hydrogen-bond acceptors (Lipinski definition) is 7. The lowest BCUT2D eigenvalue weighted by Crippen LogP contribution is -2.46. The maximum atomic E-state index is 15.3. The quantitative estimate of drug-likeness (QED) is 0.226. The van der Waals surface area contributed by atoms with E-state index in [4.69, 9.17) is 4.74 Å². The number of hydrogen-bond donors (Lipinski definition) is 3. The molecule has 9 nitrogen and oxygen atoms in total. The van der Waals surface area contributed by atoms with E-state index in [1.165, 1.54) is 11.8 Å². The summed E-state index contributed by atoms with van der Waals surface area (Å²) < 4.78 is 35.9. The fourth-order valence-corrected chi connectivity index (χ4v) is 4.82. The molecule has 3 aromatic heterocycles. The number of para-hydroxylation sites is 1. The molecule has 0 unspecified atom stereocenters. The van der Waals surface area contributed by atoms with Crippen molar-refractivity contribution in [3.63, 3.8) is 0 Å². The number of anilines is 4. The second kappa shape index (κ2) is 10.7. The molecule has 6 rings (SSSR count). The third-order valence-corrected chi connectivity index (χ3v) is 6.72. The van der Waals surface area contributed by atoms with E-state index < -0.39 is 11.6 Å². The molecule has 5 aromatic rings. The number of nitrogens with one attached hydrogen (secondary N) is 3. The van der Waals surface area contributed by atoms with Crippen molar-refractivity contribution in [1.29, 1.82) is 0 Å². The van der Waals surface area contributed by atoms with E-state index in [0.29, 0.717) is 36.2 Å². The van der Waals surface area contributed by atoms with Crippen LogP contribution < -0.4 is 19.9 Å². The highest BCUT2D eigenvalue weighted by Crippen LogP contribution is 2.33. The van der Waals surface area contributed by atoms with E-state index in [-0.39, 0.29) is 22.7 Å². The topological polar surface area (TPSA) is 98.0 Å². The minimum atomic E-state index is -0.691. The fourth-order valence-electron chi connectivity index (χ4n) is 4.82. The van der Waals surface area contributed by atoms with Gasteiger partial charge in [0.25, 0.3) is 0 Å². The number of fused-ring (bicyclic) bond motifs is 1. The Morgan fingerprint density at radius 3 is 2.50 bits per heavy atom. The van der Waals surface area contributed by atoms with Crippen LogP contribution in [0.15, 0.2) is 60.7 Å². The second-order valence-corrected chi connectivity index (χ2v) is 9.55. The van der Waals surface area contributed by atoms with Gasteiger partial charge in [0.2, 0.25) is 0 Å². The molecule has 1 fully saturated rings. The Labute approximate surface area is 229 Å². The lowest BCUT2D eigenvalue weighted by Gasteiger charge is -2.36. The zero-order valence-corrected chi connectivity index (χ0v) is 22.1. The summed E-state index contributed by atoms with van der Waals surface area (Å²) in [5, 5.41) is 10.5. The van der Waals surface area contributed by atoms with Crippen molar-refractivity contribution in [2.45, 2.75) is 13.8 Å². The van der Waals surface area contributed by atoms with E-state index >= 15 is 4.39 Å². The Morgan fingerprint density at radius 2 is 1.73 bits per heavy atom. The Kier molecular flexibility index (Phi) is 6.77. The zero-order chi connectivity index (χ0) is 27.6. The molecule has 11 heteroatoms. The molecule has 40 heavy (non-hydrogen) atoms. The monoisotopic (exact) mass is 542 g/mol. The molecule has 204 valence electrons. The Bertz CT molecular complexity index is 1670. The summed E-state index contributed by atoms with van der Waals surface area (Å²) in [6.07, 6.45) is 3.79. The third kappa shape index (κ3) is 5.18. The summed E-state index contributed by atoms with van der Waals surface area (Å²) in [5.41, 5.74) is 2.71. The SMILES string of the molecule is C/C=C/c1cc(Nc2cc(N3CCN(c4ccccc4)CC3)nc(Oc3cc(F)c4[nH]c(C)cc4c3F)n2)n[nH]1. The number of nitrogens with zero attached hydrogens (tertiary/aromatic N) is 5. The minimum absolute atomic E-state index is 0.0890. The molecule has 2 aromatic carbocycles. The van der Waals surface area contributed by atoms with Crippen molar-refractivity contribution in [1.82, 2.24) is 25.1 Å². The van der Waals surface area contributed by atoms with Gasteiger partial charge in [-0.15, -0.1) is 0 Å². The van der Waals surface area contributed by atoms with E-state index in [9.17, 15) is 4.39 Å². The van der Waals surface area contributed by atoms with Crippen LogP contribution in [0.3, 0.4) is 0 Å². The first-order valence-corrected chi connectivity index (χ1v) is 13.0. The summed E-state index contributed by atoms with van der Waals surface area (Å²) in [4.78, 5) is 16.3. The number of ether oxygens (including phenoxy) is 1. The molecular weight excluding hydrogens is 514 g/mol. The number of rotatable bonds is 7. The summed E-state index contributed by atoms with van der Waals surface area (Å²) in [6, 6.07) is 16.3. The van der Waals surface area contributed by atoms with Crippen LogP contribution >= 0.6 is 0 Å². The van der Waals surface area contributed by atoms with Gasteiger partial charge in [-0.05, 0) is 38.1 Å². The van der Waals surface area contributed by atoms with Crippen LogP contribution in [0.1, 0.15) is 18.3 Å². The first-order valence-electron chi connectivity index (χ1n) is 13.0. The fraction of sp³-hybridized carbons (Fsp3) is 0.207. The van der Waals surface area contributed by atoms with E-state index in [0.717, 1.165) is 24.8 Å². The lowest BCUT2D eigenvalue weighted by molar-refractivity contribution is 0.410. The summed E-state index contributed by atoms with van der Waals surface area (Å²) in [5.74, 6) is -0.0642. The molecule has 0 atom stereocenters. The Hall–Kier alpha value is -4.93. The highest BCUT2D eigenvalue weighted by Gasteiger charge is 2.22. The largest absolute Gasteiger partial charge is 0.421 e. The number of benzene rings is 2. The van der Waals surface area contributed by atoms with E-state index in [2.05, 4.69) is 52.4 Å². The highest BCUT2D eigenvalue weighted by atomic mass is 19.1. The molecule has 0 bridgehead atoms. The minimum Gasteiger partial charge on any atom is -0.421 e. The molecule has 0 amide bonds. The maximum Gasteiger partial charge on any atom is 0.326 e. The van der Waals surface area contributed by atoms with Crippen molar-refractivity contribution in [2.24, 2.45) is 0 Å². The predicted octanol–water partition coefficient (Wildman–Crippen LogP) is 6.16. The van der Waals surface area contributed by atoms with Gasteiger partial charge >= 0.3 is 6.01 Å². The summed E-state index contributed by atoms with van der Waals surface area (Å²) in [7, 11) is 0. The van der Waals surface area contributed by atoms with E-state index in [1.54, 1.807) is 13.0 Å². The van der Waals surface area contributed by atoms with Gasteiger partial charge in [0.05, 0.1) is 11.2 Å². The molecular formula is C29H28F2N8O. The zero-order valence-electron chi connectivity index (χ0n) is 22.1. The van der Waals surface area contributed by atoms with Crippen molar-refractivity contribution in [2.75, 3.05) is 41.3 Å². The average Bonchev–Trinajstić information content (AvgIpc) is 3.58. The van der Waals surface area contributed by atoms with Gasteiger partial charge in [-0.2, -0.15) is 15.1 Å². The van der Waals surface area contributed by atoms with Crippen LogP contribution in [0, 0.1) is 18.6 Å². The summed E-state index contributed by atoms with van der Waals surface area (Å²) >= 11 is 0. The number of H-pyrrole nitrogens is 2. The molecule has 1 saturated heterocycles.